The van der Waals surface area contributed by atoms with Gasteiger partial charge in [0.15, 0.2) is 0 Å². The molecule has 6 nitrogen and oxygen atoms in total. The smallest absolute Gasteiger partial charge is 0.317 e. The van der Waals surface area contributed by atoms with E-state index in [0.717, 1.165) is 25.9 Å². The number of sulfonamides is 1. The monoisotopic (exact) mass is 297 g/mol. The van der Waals surface area contributed by atoms with Gasteiger partial charge >= 0.3 is 6.03 Å². The molecule has 1 fully saturated rings. The van der Waals surface area contributed by atoms with Crippen molar-refractivity contribution in [2.24, 2.45) is 5.14 Å². The van der Waals surface area contributed by atoms with Gasteiger partial charge in [0.1, 0.15) is 0 Å². The molecule has 1 atom stereocenters. The van der Waals surface area contributed by atoms with Crippen LogP contribution in [0.4, 0.5) is 4.79 Å². The fraction of sp³-hybridized carbons (Fsp3) is 0.462. The Bertz CT molecular complexity index is 595. The van der Waals surface area contributed by atoms with Crippen LogP contribution in [0.1, 0.15) is 31.4 Å². The van der Waals surface area contributed by atoms with E-state index >= 15 is 0 Å². The molecule has 0 spiro atoms. The van der Waals surface area contributed by atoms with Crippen LogP contribution < -0.4 is 10.5 Å². The molecule has 0 radical (unpaired) electrons. The highest BCUT2D eigenvalue weighted by atomic mass is 32.2. The summed E-state index contributed by atoms with van der Waals surface area (Å²) >= 11 is 0. The molecule has 0 aromatic heterocycles. The number of benzene rings is 1. The van der Waals surface area contributed by atoms with Crippen LogP contribution in [-0.2, 0) is 10.0 Å². The fourth-order valence-corrected chi connectivity index (χ4v) is 2.81. The van der Waals surface area contributed by atoms with Crippen molar-refractivity contribution in [2.75, 3.05) is 13.1 Å². The molecule has 1 aromatic rings. The highest BCUT2D eigenvalue weighted by Crippen LogP contribution is 2.17. The van der Waals surface area contributed by atoms with Crippen molar-refractivity contribution in [1.29, 1.82) is 0 Å². The number of nitrogens with zero attached hydrogens (tertiary/aromatic N) is 1. The van der Waals surface area contributed by atoms with Gasteiger partial charge in [0.05, 0.1) is 10.9 Å². The lowest BCUT2D eigenvalue weighted by Crippen LogP contribution is -2.39. The molecule has 1 saturated heterocycles. The van der Waals surface area contributed by atoms with E-state index < -0.39 is 10.0 Å². The number of rotatable bonds is 3. The van der Waals surface area contributed by atoms with Crippen molar-refractivity contribution in [1.82, 2.24) is 10.2 Å². The number of primary sulfonamides is 1. The predicted molar refractivity (Wildman–Crippen MR) is 75.6 cm³/mol. The summed E-state index contributed by atoms with van der Waals surface area (Å²) in [5.41, 5.74) is 0.712. The van der Waals surface area contributed by atoms with Crippen LogP contribution in [0.15, 0.2) is 29.2 Å². The van der Waals surface area contributed by atoms with Crippen molar-refractivity contribution in [3.63, 3.8) is 0 Å². The first kappa shape index (κ1) is 14.8. The second-order valence-corrected chi connectivity index (χ2v) is 6.54. The molecule has 0 bridgehead atoms. The topological polar surface area (TPSA) is 92.5 Å². The van der Waals surface area contributed by atoms with Crippen molar-refractivity contribution in [3.05, 3.63) is 29.8 Å². The lowest BCUT2D eigenvalue weighted by molar-refractivity contribution is 0.205. The van der Waals surface area contributed by atoms with Gasteiger partial charge in [-0.3, -0.25) is 0 Å². The number of carbonyl (C=O) groups is 1. The third-order valence-electron chi connectivity index (χ3n) is 3.42. The quantitative estimate of drug-likeness (QED) is 0.878. The lowest BCUT2D eigenvalue weighted by atomic mass is 10.1. The van der Waals surface area contributed by atoms with Gasteiger partial charge in [0, 0.05) is 13.1 Å². The van der Waals surface area contributed by atoms with Crippen molar-refractivity contribution in [2.45, 2.75) is 30.7 Å². The van der Waals surface area contributed by atoms with Crippen LogP contribution in [0.2, 0.25) is 0 Å². The van der Waals surface area contributed by atoms with Gasteiger partial charge < -0.3 is 10.2 Å². The maximum Gasteiger partial charge on any atom is 0.317 e. The van der Waals surface area contributed by atoms with Gasteiger partial charge in [-0.2, -0.15) is 0 Å². The molecule has 1 unspecified atom stereocenters. The summed E-state index contributed by atoms with van der Waals surface area (Å²) in [6.45, 7) is 3.36. The predicted octanol–water partition coefficient (Wildman–Crippen LogP) is 1.20. The van der Waals surface area contributed by atoms with Crippen molar-refractivity contribution < 1.29 is 13.2 Å². The molecule has 110 valence electrons. The Labute approximate surface area is 119 Å². The number of nitrogens with two attached hydrogens (primary N) is 1. The molecule has 1 aliphatic heterocycles. The second kappa shape index (κ2) is 5.80. The van der Waals surface area contributed by atoms with Gasteiger partial charge in [-0.1, -0.05) is 12.1 Å². The second-order valence-electron chi connectivity index (χ2n) is 4.98. The third kappa shape index (κ3) is 3.49. The zero-order chi connectivity index (χ0) is 14.8. The van der Waals surface area contributed by atoms with Crippen LogP contribution in [0.3, 0.4) is 0 Å². The van der Waals surface area contributed by atoms with Crippen molar-refractivity contribution in [3.8, 4) is 0 Å². The molecule has 2 rings (SSSR count). The van der Waals surface area contributed by atoms with E-state index in [4.69, 9.17) is 5.14 Å². The summed E-state index contributed by atoms with van der Waals surface area (Å²) in [5.74, 6) is 0. The van der Waals surface area contributed by atoms with Crippen LogP contribution in [0.25, 0.3) is 0 Å². The Hall–Kier alpha value is -1.60. The number of carbonyl (C=O) groups excluding carboxylic acids is 1. The van der Waals surface area contributed by atoms with Crippen LogP contribution in [-0.4, -0.2) is 32.4 Å². The van der Waals surface area contributed by atoms with Gasteiger partial charge in [0.25, 0.3) is 0 Å². The standard InChI is InChI=1S/C13H19N3O3S/c1-10(15-13(17)16-7-2-3-8-16)11-5-4-6-12(9-11)20(14,18)19/h4-6,9-10H,2-3,7-8H2,1H3,(H,15,17)(H2,14,18,19). The average molecular weight is 297 g/mol. The number of nitrogens with one attached hydrogen (secondary N) is 1. The molecule has 1 aromatic carbocycles. The highest BCUT2D eigenvalue weighted by Gasteiger charge is 2.20. The van der Waals surface area contributed by atoms with Gasteiger partial charge in [-0.25, -0.2) is 18.4 Å². The zero-order valence-corrected chi connectivity index (χ0v) is 12.2. The summed E-state index contributed by atoms with van der Waals surface area (Å²) in [5, 5.41) is 7.97. The molecule has 1 heterocycles. The van der Waals surface area contributed by atoms with E-state index in [1.165, 1.54) is 12.1 Å². The zero-order valence-electron chi connectivity index (χ0n) is 11.4. The van der Waals surface area contributed by atoms with Crippen LogP contribution in [0, 0.1) is 0 Å². The van der Waals surface area contributed by atoms with E-state index in [9.17, 15) is 13.2 Å². The molecular formula is C13H19N3O3S. The highest BCUT2D eigenvalue weighted by molar-refractivity contribution is 7.89. The van der Waals surface area contributed by atoms with Crippen LogP contribution in [0.5, 0.6) is 0 Å². The SMILES string of the molecule is CC(NC(=O)N1CCCC1)c1cccc(S(N)(=O)=O)c1. The molecular weight excluding hydrogens is 278 g/mol. The number of hydrogen-bond donors (Lipinski definition) is 2. The molecule has 3 N–H and O–H groups in total. The maximum atomic E-state index is 12.0. The Morgan fingerprint density at radius 1 is 1.35 bits per heavy atom. The molecule has 7 heteroatoms. The number of urea groups is 1. The number of amides is 2. The minimum atomic E-state index is -3.73. The Balaban J connectivity index is 2.09. The summed E-state index contributed by atoms with van der Waals surface area (Å²) < 4.78 is 22.6. The van der Waals surface area contributed by atoms with Crippen molar-refractivity contribution >= 4 is 16.1 Å². The van der Waals surface area contributed by atoms with E-state index in [2.05, 4.69) is 5.32 Å². The molecule has 0 aliphatic carbocycles. The molecule has 1 aliphatic rings. The average Bonchev–Trinajstić information content (AvgIpc) is 2.91. The Kier molecular flexibility index (Phi) is 4.29. The minimum absolute atomic E-state index is 0.0530. The number of hydrogen-bond acceptors (Lipinski definition) is 3. The number of likely N-dealkylation sites (tertiary alicyclic amines) is 1. The van der Waals surface area contributed by atoms with E-state index in [1.807, 2.05) is 6.92 Å². The fourth-order valence-electron chi connectivity index (χ4n) is 2.24. The van der Waals surface area contributed by atoms with Gasteiger partial charge in [0.2, 0.25) is 10.0 Å². The summed E-state index contributed by atoms with van der Waals surface area (Å²) in [4.78, 5) is 13.8. The first-order valence-corrected chi connectivity index (χ1v) is 8.11. The lowest BCUT2D eigenvalue weighted by Gasteiger charge is -2.21. The normalized spacial score (nSPS) is 17.0. The summed E-state index contributed by atoms with van der Waals surface area (Å²) in [6, 6.07) is 5.93. The molecule has 2 amide bonds. The largest absolute Gasteiger partial charge is 0.331 e. The van der Waals surface area contributed by atoms with E-state index in [1.54, 1.807) is 17.0 Å². The first-order valence-electron chi connectivity index (χ1n) is 6.56. The molecule has 0 saturated carbocycles. The minimum Gasteiger partial charge on any atom is -0.331 e. The summed E-state index contributed by atoms with van der Waals surface area (Å²) in [6.07, 6.45) is 2.06. The first-order chi connectivity index (χ1) is 9.38. The Morgan fingerprint density at radius 2 is 2.00 bits per heavy atom. The summed E-state index contributed by atoms with van der Waals surface area (Å²) in [7, 11) is -3.73. The van der Waals surface area contributed by atoms with Gasteiger partial charge in [-0.05, 0) is 37.5 Å². The maximum absolute atomic E-state index is 12.0. The van der Waals surface area contributed by atoms with Crippen LogP contribution >= 0.6 is 0 Å². The van der Waals surface area contributed by atoms with E-state index in [0.29, 0.717) is 5.56 Å². The Morgan fingerprint density at radius 3 is 2.60 bits per heavy atom. The van der Waals surface area contributed by atoms with Gasteiger partial charge in [-0.15, -0.1) is 0 Å². The third-order valence-corrected chi connectivity index (χ3v) is 4.33. The van der Waals surface area contributed by atoms with E-state index in [-0.39, 0.29) is 17.0 Å². The molecule has 20 heavy (non-hydrogen) atoms.